The highest BCUT2D eigenvalue weighted by Gasteiger charge is 2.20. The van der Waals surface area contributed by atoms with E-state index in [0.29, 0.717) is 17.6 Å². The van der Waals surface area contributed by atoms with Gasteiger partial charge in [-0.25, -0.2) is 4.98 Å². The number of para-hydroxylation sites is 4. The Balaban J connectivity index is 1.08. The summed E-state index contributed by atoms with van der Waals surface area (Å²) < 4.78 is 10.8. The smallest absolute Gasteiger partial charge is 0.238 e. The first kappa shape index (κ1) is 31.5. The van der Waals surface area contributed by atoms with E-state index in [2.05, 4.69) is 161 Å². The molecule has 0 amide bonds. The van der Waals surface area contributed by atoms with Gasteiger partial charge in [0.25, 0.3) is 0 Å². The topological polar surface area (TPSA) is 61.7 Å². The van der Waals surface area contributed by atoms with Crippen LogP contribution in [0.3, 0.4) is 0 Å². The maximum atomic E-state index is 6.28. The quantitative estimate of drug-likeness (QED) is 0.177. The molecule has 0 radical (unpaired) electrons. The van der Waals surface area contributed by atoms with Crippen molar-refractivity contribution < 1.29 is 4.42 Å². The summed E-state index contributed by atoms with van der Waals surface area (Å²) in [6, 6.07) is 65.6. The lowest BCUT2D eigenvalue weighted by Crippen LogP contribution is -2.06. The van der Waals surface area contributed by atoms with Crippen molar-refractivity contribution >= 4 is 65.6 Å². The molecule has 4 aromatic heterocycles. The van der Waals surface area contributed by atoms with Crippen LogP contribution in [-0.2, 0) is 0 Å². The van der Waals surface area contributed by atoms with Crippen molar-refractivity contribution in [3.8, 4) is 45.5 Å². The molecule has 0 spiro atoms. The Hall–Kier alpha value is -7.83. The van der Waals surface area contributed by atoms with Crippen LogP contribution in [0.15, 0.2) is 192 Å². The Morgan fingerprint density at radius 2 is 0.912 bits per heavy atom. The second kappa shape index (κ2) is 12.3. The van der Waals surface area contributed by atoms with Crippen molar-refractivity contribution in [2.45, 2.75) is 0 Å². The van der Waals surface area contributed by atoms with Gasteiger partial charge < -0.3 is 8.98 Å². The number of rotatable bonds is 5. The van der Waals surface area contributed by atoms with Gasteiger partial charge in [-0.3, -0.25) is 4.57 Å². The van der Waals surface area contributed by atoms with E-state index >= 15 is 0 Å². The molecule has 57 heavy (non-hydrogen) atoms. The van der Waals surface area contributed by atoms with Gasteiger partial charge in [-0.15, -0.1) is 0 Å². The molecule has 6 nitrogen and oxygen atoms in total. The molecular formula is C51H31N5O. The Kier molecular flexibility index (Phi) is 6.83. The largest absolute Gasteiger partial charge is 0.456 e. The predicted molar refractivity (Wildman–Crippen MR) is 232 cm³/mol. The molecule has 266 valence electrons. The molecule has 0 aliphatic rings. The van der Waals surface area contributed by atoms with Crippen molar-refractivity contribution in [2.24, 2.45) is 0 Å². The zero-order chi connectivity index (χ0) is 37.5. The number of furan rings is 1. The van der Waals surface area contributed by atoms with Crippen LogP contribution < -0.4 is 0 Å². The van der Waals surface area contributed by atoms with Gasteiger partial charge in [-0.1, -0.05) is 140 Å². The van der Waals surface area contributed by atoms with Gasteiger partial charge in [0.1, 0.15) is 11.2 Å². The molecular weight excluding hydrogens is 699 g/mol. The second-order valence-electron chi connectivity index (χ2n) is 14.4. The minimum Gasteiger partial charge on any atom is -0.456 e. The van der Waals surface area contributed by atoms with Crippen molar-refractivity contribution in [2.75, 3.05) is 0 Å². The van der Waals surface area contributed by atoms with Gasteiger partial charge >= 0.3 is 0 Å². The first-order chi connectivity index (χ1) is 28.3. The highest BCUT2D eigenvalue weighted by Crippen LogP contribution is 2.40. The van der Waals surface area contributed by atoms with E-state index in [1.54, 1.807) is 0 Å². The van der Waals surface area contributed by atoms with Gasteiger partial charge in [0.15, 0.2) is 11.6 Å². The van der Waals surface area contributed by atoms with Crippen LogP contribution in [0.2, 0.25) is 0 Å². The molecule has 0 unspecified atom stereocenters. The number of hydrogen-bond acceptors (Lipinski definition) is 4. The minimum atomic E-state index is 0.575. The highest BCUT2D eigenvalue weighted by atomic mass is 16.3. The lowest BCUT2D eigenvalue weighted by Gasteiger charge is -2.13. The van der Waals surface area contributed by atoms with E-state index in [-0.39, 0.29) is 0 Å². The summed E-state index contributed by atoms with van der Waals surface area (Å²) in [6.45, 7) is 0. The first-order valence-electron chi connectivity index (χ1n) is 19.1. The summed E-state index contributed by atoms with van der Waals surface area (Å²) in [5.41, 5.74) is 11.2. The summed E-state index contributed by atoms with van der Waals surface area (Å²) in [5.74, 6) is 1.80. The van der Waals surface area contributed by atoms with E-state index in [1.807, 2.05) is 36.4 Å². The minimum absolute atomic E-state index is 0.575. The Labute approximate surface area is 326 Å². The lowest BCUT2D eigenvalue weighted by atomic mass is 9.99. The number of benzene rings is 8. The molecule has 8 aromatic carbocycles. The summed E-state index contributed by atoms with van der Waals surface area (Å²) in [6.07, 6.45) is 0. The summed E-state index contributed by atoms with van der Waals surface area (Å²) in [5, 5.41) is 6.88. The third kappa shape index (κ3) is 4.87. The maximum absolute atomic E-state index is 6.28. The molecule has 0 saturated heterocycles. The molecule has 0 N–H and O–H groups in total. The number of hydrogen-bond donors (Lipinski definition) is 0. The summed E-state index contributed by atoms with van der Waals surface area (Å²) in [7, 11) is 0. The third-order valence-electron chi connectivity index (χ3n) is 11.2. The Morgan fingerprint density at radius 3 is 1.65 bits per heavy atom. The van der Waals surface area contributed by atoms with Gasteiger partial charge in [-0.05, 0) is 59.7 Å². The molecule has 0 bridgehead atoms. The fourth-order valence-electron chi connectivity index (χ4n) is 8.66. The lowest BCUT2D eigenvalue weighted by molar-refractivity contribution is 0.669. The zero-order valence-electron chi connectivity index (χ0n) is 30.5. The number of aromatic nitrogens is 5. The normalized spacial score (nSPS) is 11.9. The number of nitrogens with zero attached hydrogens (tertiary/aromatic N) is 5. The fraction of sp³-hybridized carbons (Fsp3) is 0. The van der Waals surface area contributed by atoms with E-state index in [9.17, 15) is 0 Å². The van der Waals surface area contributed by atoms with Crippen LogP contribution in [0.25, 0.3) is 111 Å². The molecule has 0 aliphatic carbocycles. The molecule has 0 aliphatic heterocycles. The molecule has 0 atom stereocenters. The average Bonchev–Trinajstić information content (AvgIpc) is 3.94. The highest BCUT2D eigenvalue weighted by molar-refractivity contribution is 6.13. The van der Waals surface area contributed by atoms with Crippen LogP contribution in [0.1, 0.15) is 0 Å². The fourth-order valence-corrected chi connectivity index (χ4v) is 8.66. The zero-order valence-corrected chi connectivity index (χ0v) is 30.5. The summed E-state index contributed by atoms with van der Waals surface area (Å²) >= 11 is 0. The van der Waals surface area contributed by atoms with Crippen LogP contribution in [0.5, 0.6) is 0 Å². The van der Waals surface area contributed by atoms with Crippen LogP contribution in [0.4, 0.5) is 0 Å². The predicted octanol–water partition coefficient (Wildman–Crippen LogP) is 13.0. The monoisotopic (exact) mass is 729 g/mol. The van der Waals surface area contributed by atoms with Gasteiger partial charge in [0.2, 0.25) is 5.95 Å². The van der Waals surface area contributed by atoms with E-state index in [4.69, 9.17) is 19.4 Å². The van der Waals surface area contributed by atoms with Gasteiger partial charge in [0, 0.05) is 49.1 Å². The SMILES string of the molecule is c1ccc(-c2nc(-c3ccc4c5ccccc5n(-c5cccc(-c6cccc7oc8ccccc8c67)c5)c4c3)nc(-n3c4ccccc4c4ccccc43)n2)cc1. The van der Waals surface area contributed by atoms with Crippen molar-refractivity contribution in [1.29, 1.82) is 0 Å². The molecule has 0 fully saturated rings. The Bertz CT molecular complexity index is 3490. The van der Waals surface area contributed by atoms with Gasteiger partial charge in [0.05, 0.1) is 22.1 Å². The molecule has 12 rings (SSSR count). The second-order valence-corrected chi connectivity index (χ2v) is 14.4. The molecule has 0 saturated carbocycles. The standard InChI is InChI=1S/C51H31N5O/c1-2-14-32(15-3-1)49-52-50(54-51(53-49)56-43-24-9-5-18-37(43)38-19-6-10-25-44(38)56)34-28-29-40-39-20-4-8-23-42(39)55(45(40)31-34)35-17-12-16-33(30-35)36-22-13-27-47-48(36)41-21-7-11-26-46(41)57-47/h1-31H. The van der Waals surface area contributed by atoms with Crippen LogP contribution in [-0.4, -0.2) is 24.1 Å². The van der Waals surface area contributed by atoms with Crippen molar-refractivity contribution in [1.82, 2.24) is 24.1 Å². The van der Waals surface area contributed by atoms with Crippen LogP contribution >= 0.6 is 0 Å². The van der Waals surface area contributed by atoms with Gasteiger partial charge in [-0.2, -0.15) is 9.97 Å². The Morgan fingerprint density at radius 1 is 0.351 bits per heavy atom. The molecule has 4 heterocycles. The van der Waals surface area contributed by atoms with E-state index in [0.717, 1.165) is 88.1 Å². The van der Waals surface area contributed by atoms with Crippen molar-refractivity contribution in [3.05, 3.63) is 188 Å². The number of fused-ring (bicyclic) bond motifs is 9. The van der Waals surface area contributed by atoms with Crippen molar-refractivity contribution in [3.63, 3.8) is 0 Å². The average molecular weight is 730 g/mol. The first-order valence-corrected chi connectivity index (χ1v) is 19.1. The molecule has 6 heteroatoms. The maximum Gasteiger partial charge on any atom is 0.238 e. The third-order valence-corrected chi connectivity index (χ3v) is 11.2. The van der Waals surface area contributed by atoms with E-state index in [1.165, 1.54) is 5.39 Å². The summed E-state index contributed by atoms with van der Waals surface area (Å²) in [4.78, 5) is 15.6. The molecule has 12 aromatic rings. The van der Waals surface area contributed by atoms with Crippen LogP contribution in [0, 0.1) is 0 Å². The van der Waals surface area contributed by atoms with E-state index < -0.39 is 0 Å².